The molecule has 1 unspecified atom stereocenters. The Labute approximate surface area is 294 Å². The lowest BCUT2D eigenvalue weighted by Gasteiger charge is -2.38. The average Bonchev–Trinajstić information content (AvgIpc) is 3.20. The summed E-state index contributed by atoms with van der Waals surface area (Å²) < 4.78 is 10.1. The van der Waals surface area contributed by atoms with Gasteiger partial charge in [0.25, 0.3) is 11.8 Å². The number of piperidine rings is 2. The molecule has 2 aromatic rings. The number of likely N-dealkylation sites (tertiary alicyclic amines) is 1. The number of amides is 4. The molecular formula is C38H50N4O8. The van der Waals surface area contributed by atoms with Crippen LogP contribution in [0, 0.1) is 27.7 Å². The molecule has 12 nitrogen and oxygen atoms in total. The van der Waals surface area contributed by atoms with Crippen LogP contribution in [0.4, 0.5) is 21.0 Å². The quantitative estimate of drug-likeness (QED) is 0.310. The van der Waals surface area contributed by atoms with Crippen LogP contribution >= 0.6 is 0 Å². The number of aliphatic hydroxyl groups is 2. The third-order valence-corrected chi connectivity index (χ3v) is 9.57. The van der Waals surface area contributed by atoms with Crippen LogP contribution in [-0.2, 0) is 9.47 Å². The number of rotatable bonds is 7. The molecule has 0 spiro atoms. The Morgan fingerprint density at radius 3 is 2.20 bits per heavy atom. The number of carbonyl (C=O) groups is 4. The summed E-state index contributed by atoms with van der Waals surface area (Å²) in [5.74, 6) is -0.318. The molecule has 2 aromatic carbocycles. The monoisotopic (exact) mass is 690 g/mol. The van der Waals surface area contributed by atoms with Crippen LogP contribution in [0.25, 0.3) is 0 Å². The maximum absolute atomic E-state index is 13.1. The molecule has 2 saturated heterocycles. The fourth-order valence-corrected chi connectivity index (χ4v) is 6.56. The predicted molar refractivity (Wildman–Crippen MR) is 191 cm³/mol. The summed E-state index contributed by atoms with van der Waals surface area (Å²) in [5.41, 5.74) is 5.52. The number of nitrogens with zero attached hydrogens (tertiary/aromatic N) is 3. The molecule has 3 N–H and O–H groups in total. The molecular weight excluding hydrogens is 640 g/mol. The number of hydrogen-bond donors (Lipinski definition) is 3. The SMILES string of the molecule is C=CCOC(=O)N1c2cc(C)c(C)cc2C(=O)N2CCCC[C@H]2C1O.C=CCOC(=O)Nc1cc(C)c(C)cc1C(=O)N1CCCC[C@H]1CO. The van der Waals surface area contributed by atoms with Gasteiger partial charge in [-0.25, -0.2) is 14.5 Å². The fraction of sp³-hybridized carbons (Fsp3) is 0.474. The summed E-state index contributed by atoms with van der Waals surface area (Å²) in [7, 11) is 0. The van der Waals surface area contributed by atoms with Crippen LogP contribution in [0.3, 0.4) is 0 Å². The van der Waals surface area contributed by atoms with E-state index in [0.717, 1.165) is 54.4 Å². The van der Waals surface area contributed by atoms with Gasteiger partial charge in [-0.2, -0.15) is 0 Å². The number of fused-ring (bicyclic) bond motifs is 2. The van der Waals surface area contributed by atoms with Crippen molar-refractivity contribution in [3.63, 3.8) is 0 Å². The molecule has 0 saturated carbocycles. The first-order chi connectivity index (χ1) is 23.9. The van der Waals surface area contributed by atoms with Crippen LogP contribution in [0.5, 0.6) is 0 Å². The highest BCUT2D eigenvalue weighted by atomic mass is 16.6. The van der Waals surface area contributed by atoms with Crippen molar-refractivity contribution in [2.75, 3.05) is 43.1 Å². The molecule has 0 radical (unpaired) electrons. The highest BCUT2D eigenvalue weighted by Gasteiger charge is 2.43. The second-order valence-corrected chi connectivity index (χ2v) is 13.0. The van der Waals surface area contributed by atoms with Gasteiger partial charge >= 0.3 is 12.2 Å². The molecule has 4 amide bonds. The van der Waals surface area contributed by atoms with E-state index in [4.69, 9.17) is 9.47 Å². The zero-order chi connectivity index (χ0) is 36.5. The molecule has 3 aliphatic rings. The minimum absolute atomic E-state index is 0.0462. The van der Waals surface area contributed by atoms with Gasteiger partial charge in [0.05, 0.1) is 41.2 Å². The molecule has 50 heavy (non-hydrogen) atoms. The Morgan fingerprint density at radius 2 is 1.50 bits per heavy atom. The average molecular weight is 691 g/mol. The van der Waals surface area contributed by atoms with E-state index >= 15 is 0 Å². The number of anilines is 2. The van der Waals surface area contributed by atoms with E-state index in [9.17, 15) is 29.4 Å². The van der Waals surface area contributed by atoms with Crippen molar-refractivity contribution in [1.82, 2.24) is 9.80 Å². The molecule has 3 heterocycles. The number of aliphatic hydroxyl groups excluding tert-OH is 2. The van der Waals surface area contributed by atoms with Gasteiger partial charge in [-0.1, -0.05) is 25.3 Å². The fourth-order valence-electron chi connectivity index (χ4n) is 6.56. The van der Waals surface area contributed by atoms with Gasteiger partial charge in [-0.05, 0) is 113 Å². The van der Waals surface area contributed by atoms with E-state index in [1.165, 1.54) is 17.1 Å². The number of hydrogen-bond acceptors (Lipinski definition) is 8. The van der Waals surface area contributed by atoms with Crippen molar-refractivity contribution in [3.05, 3.63) is 83.0 Å². The summed E-state index contributed by atoms with van der Waals surface area (Å²) in [4.78, 5) is 55.3. The van der Waals surface area contributed by atoms with Gasteiger partial charge in [-0.15, -0.1) is 0 Å². The van der Waals surface area contributed by atoms with Crippen LogP contribution in [-0.4, -0.2) is 95.2 Å². The minimum Gasteiger partial charge on any atom is -0.445 e. The second kappa shape index (κ2) is 17.3. The third-order valence-electron chi connectivity index (χ3n) is 9.57. The first-order valence-corrected chi connectivity index (χ1v) is 17.2. The van der Waals surface area contributed by atoms with Crippen molar-refractivity contribution < 1.29 is 38.9 Å². The van der Waals surface area contributed by atoms with E-state index in [2.05, 4.69) is 18.5 Å². The van der Waals surface area contributed by atoms with Crippen molar-refractivity contribution in [1.29, 1.82) is 0 Å². The minimum atomic E-state index is -1.13. The summed E-state index contributed by atoms with van der Waals surface area (Å²) >= 11 is 0. The predicted octanol–water partition coefficient (Wildman–Crippen LogP) is 5.78. The lowest BCUT2D eigenvalue weighted by molar-refractivity contribution is 0.0234. The molecule has 2 fully saturated rings. The van der Waals surface area contributed by atoms with Gasteiger partial charge in [-0.3, -0.25) is 14.9 Å². The maximum Gasteiger partial charge on any atom is 0.416 e. The van der Waals surface area contributed by atoms with Gasteiger partial charge < -0.3 is 29.5 Å². The molecule has 3 atom stereocenters. The van der Waals surface area contributed by atoms with E-state index in [1.807, 2.05) is 27.7 Å². The van der Waals surface area contributed by atoms with Crippen molar-refractivity contribution >= 4 is 35.4 Å². The topological polar surface area (TPSA) is 149 Å². The van der Waals surface area contributed by atoms with E-state index in [-0.39, 0.29) is 37.7 Å². The standard InChI is InChI=1S/C19H24N2O4.C19H26N2O4/c1-4-9-25-19(24)21-16-11-13(3)12(2)10-14(16)17(22)20-8-6-5-7-15(20)18(21)23;1-4-9-25-19(24)20-17-11-14(3)13(2)10-16(17)18(23)21-8-6-5-7-15(21)12-22/h4,10-11,15,18,23H,1,5-9H2,2-3H3;4,10-11,15,22H,1,5-9,12H2,2-3H3,(H,20,24)/t15-,18?;15-/m00/s1. The van der Waals surface area contributed by atoms with E-state index < -0.39 is 24.5 Å². The van der Waals surface area contributed by atoms with Crippen LogP contribution < -0.4 is 10.2 Å². The summed E-state index contributed by atoms with van der Waals surface area (Å²) in [6.45, 7) is 16.0. The van der Waals surface area contributed by atoms with Crippen molar-refractivity contribution in [3.8, 4) is 0 Å². The van der Waals surface area contributed by atoms with Crippen molar-refractivity contribution in [2.24, 2.45) is 0 Å². The van der Waals surface area contributed by atoms with Crippen LogP contribution in [0.2, 0.25) is 0 Å². The van der Waals surface area contributed by atoms with Crippen molar-refractivity contribution in [2.45, 2.75) is 84.5 Å². The van der Waals surface area contributed by atoms with Gasteiger partial charge in [0.1, 0.15) is 13.2 Å². The smallest absolute Gasteiger partial charge is 0.416 e. The van der Waals surface area contributed by atoms with Gasteiger partial charge in [0.15, 0.2) is 6.23 Å². The summed E-state index contributed by atoms with van der Waals surface area (Å²) in [5, 5.41) is 23.2. The second-order valence-electron chi connectivity index (χ2n) is 13.0. The van der Waals surface area contributed by atoms with E-state index in [0.29, 0.717) is 42.0 Å². The number of ether oxygens (including phenoxy) is 2. The Hall–Kier alpha value is -4.68. The van der Waals surface area contributed by atoms with Gasteiger partial charge in [0.2, 0.25) is 0 Å². The number of carbonyl (C=O) groups excluding carboxylic acids is 4. The first-order valence-electron chi connectivity index (χ1n) is 17.2. The largest absolute Gasteiger partial charge is 0.445 e. The van der Waals surface area contributed by atoms with E-state index in [1.54, 1.807) is 34.1 Å². The van der Waals surface area contributed by atoms with Gasteiger partial charge in [0, 0.05) is 13.1 Å². The molecule has 5 rings (SSSR count). The number of nitrogens with one attached hydrogen (secondary N) is 1. The summed E-state index contributed by atoms with van der Waals surface area (Å²) in [6.07, 6.45) is 5.69. The Kier molecular flexibility index (Phi) is 13.2. The number of aryl methyl sites for hydroxylation is 4. The van der Waals surface area contributed by atoms with Crippen LogP contribution in [0.1, 0.15) is 81.5 Å². The Morgan fingerprint density at radius 1 is 0.880 bits per heavy atom. The number of benzene rings is 2. The van der Waals surface area contributed by atoms with Crippen LogP contribution in [0.15, 0.2) is 49.6 Å². The highest BCUT2D eigenvalue weighted by molar-refractivity contribution is 6.05. The summed E-state index contributed by atoms with van der Waals surface area (Å²) in [6, 6.07) is 6.53. The molecule has 0 aliphatic carbocycles. The zero-order valence-corrected chi connectivity index (χ0v) is 29.6. The Bertz CT molecular complexity index is 1610. The molecule has 0 aromatic heterocycles. The first kappa shape index (κ1) is 38.1. The third kappa shape index (κ3) is 8.54. The molecule has 3 aliphatic heterocycles. The molecule has 12 heteroatoms. The zero-order valence-electron chi connectivity index (χ0n) is 29.6. The Balaban J connectivity index is 0.000000225. The molecule has 0 bridgehead atoms. The highest BCUT2D eigenvalue weighted by Crippen LogP contribution is 2.36. The maximum atomic E-state index is 13.1. The normalized spacial score (nSPS) is 19.9. The molecule has 270 valence electrons. The lowest BCUT2D eigenvalue weighted by Crippen LogP contribution is -2.55. The lowest BCUT2D eigenvalue weighted by atomic mass is 9.98.